The molecule has 3 rings (SSSR count). The second-order valence-electron chi connectivity index (χ2n) is 7.39. The molecule has 0 spiro atoms. The minimum Gasteiger partial charge on any atom is -0.456 e. The van der Waals surface area contributed by atoms with Crippen molar-refractivity contribution < 1.29 is 14.8 Å². The first kappa shape index (κ1) is 19.0. The van der Waals surface area contributed by atoms with Gasteiger partial charge in [0.2, 0.25) is 0 Å². The number of benzene rings is 2. The molecule has 3 nitrogen and oxygen atoms in total. The summed E-state index contributed by atoms with van der Waals surface area (Å²) in [5.74, 6) is 0.991. The number of ether oxygens (including phenoxy) is 1. The molecule has 2 aromatic carbocycles. The molecule has 4 heteroatoms. The van der Waals surface area contributed by atoms with E-state index < -0.39 is 5.60 Å². The van der Waals surface area contributed by atoms with E-state index >= 15 is 0 Å². The lowest BCUT2D eigenvalue weighted by Crippen LogP contribution is -2.86. The van der Waals surface area contributed by atoms with Crippen LogP contribution in [0, 0.1) is 5.92 Å². The Balaban J connectivity index is 1.69. The van der Waals surface area contributed by atoms with E-state index in [1.807, 2.05) is 42.5 Å². The third-order valence-corrected chi connectivity index (χ3v) is 6.21. The summed E-state index contributed by atoms with van der Waals surface area (Å²) >= 11 is 1.74. The molecule has 0 radical (unpaired) electrons. The van der Waals surface area contributed by atoms with E-state index in [9.17, 15) is 4.79 Å². The summed E-state index contributed by atoms with van der Waals surface area (Å²) in [6.07, 6.45) is 2.21. The Labute approximate surface area is 160 Å². The largest absolute Gasteiger partial charge is 0.456 e. The maximum absolute atomic E-state index is 12.9. The van der Waals surface area contributed by atoms with Crippen molar-refractivity contribution in [2.45, 2.75) is 42.9 Å². The van der Waals surface area contributed by atoms with Gasteiger partial charge in [-0.05, 0) is 37.6 Å². The highest BCUT2D eigenvalue weighted by Crippen LogP contribution is 2.30. The number of carbonyl (C=O) groups is 1. The summed E-state index contributed by atoms with van der Waals surface area (Å²) in [6.45, 7) is 6.36. The molecule has 0 amide bonds. The summed E-state index contributed by atoms with van der Waals surface area (Å²) in [6, 6.07) is 18.1. The zero-order valence-electron chi connectivity index (χ0n) is 15.6. The van der Waals surface area contributed by atoms with Crippen molar-refractivity contribution in [1.82, 2.24) is 0 Å². The van der Waals surface area contributed by atoms with Crippen LogP contribution < -0.4 is 5.32 Å². The predicted octanol–water partition coefficient (Wildman–Crippen LogP) is 3.89. The third-order valence-electron chi connectivity index (χ3n) is 5.15. The third kappa shape index (κ3) is 4.89. The summed E-state index contributed by atoms with van der Waals surface area (Å²) < 4.78 is 5.99. The van der Waals surface area contributed by atoms with Gasteiger partial charge < -0.3 is 10.1 Å². The van der Waals surface area contributed by atoms with Gasteiger partial charge in [-0.15, -0.1) is 11.8 Å². The van der Waals surface area contributed by atoms with Gasteiger partial charge >= 0.3 is 5.97 Å². The maximum Gasteiger partial charge on any atom is 0.338 e. The Morgan fingerprint density at radius 3 is 2.46 bits per heavy atom. The van der Waals surface area contributed by atoms with Crippen molar-refractivity contribution >= 4 is 17.7 Å². The van der Waals surface area contributed by atoms with Crippen LogP contribution in [0.1, 0.15) is 42.6 Å². The van der Waals surface area contributed by atoms with Crippen LogP contribution in [0.2, 0.25) is 0 Å². The molecular weight excluding hydrogens is 342 g/mol. The Bertz CT molecular complexity index is 724. The van der Waals surface area contributed by atoms with Crippen LogP contribution in [0.5, 0.6) is 0 Å². The van der Waals surface area contributed by atoms with Gasteiger partial charge in [-0.2, -0.15) is 0 Å². The van der Waals surface area contributed by atoms with Gasteiger partial charge in [-0.1, -0.05) is 36.4 Å². The Hall–Kier alpha value is -1.78. The zero-order valence-corrected chi connectivity index (χ0v) is 16.4. The maximum atomic E-state index is 12.9. The fourth-order valence-electron chi connectivity index (χ4n) is 3.52. The summed E-state index contributed by atoms with van der Waals surface area (Å²) in [5, 5.41) is 2.34. The number of hydrogen-bond donors (Lipinski definition) is 1. The van der Waals surface area contributed by atoms with Crippen molar-refractivity contribution in [2.75, 3.05) is 13.1 Å². The second kappa shape index (κ2) is 8.74. The van der Waals surface area contributed by atoms with Gasteiger partial charge in [0.15, 0.2) is 0 Å². The van der Waals surface area contributed by atoms with E-state index in [1.54, 1.807) is 11.8 Å². The lowest BCUT2D eigenvalue weighted by Gasteiger charge is -2.35. The minimum absolute atomic E-state index is 0.200. The molecule has 0 unspecified atom stereocenters. The molecule has 2 aromatic rings. The molecule has 138 valence electrons. The van der Waals surface area contributed by atoms with Gasteiger partial charge in [0.1, 0.15) is 5.60 Å². The highest BCUT2D eigenvalue weighted by Gasteiger charge is 2.35. The number of carbonyl (C=O) groups excluding carboxylic acids is 1. The molecule has 2 N–H and O–H groups in total. The minimum atomic E-state index is -0.426. The number of thioether (sulfide) groups is 1. The second-order valence-corrected chi connectivity index (χ2v) is 8.44. The first-order valence-corrected chi connectivity index (χ1v) is 10.4. The van der Waals surface area contributed by atoms with Crippen LogP contribution in [0.25, 0.3) is 0 Å². The van der Waals surface area contributed by atoms with Gasteiger partial charge in [0, 0.05) is 29.4 Å². The van der Waals surface area contributed by atoms with Gasteiger partial charge in [0.25, 0.3) is 0 Å². The molecule has 1 fully saturated rings. The van der Waals surface area contributed by atoms with Crippen LogP contribution in [0.3, 0.4) is 0 Å². The number of nitrogens with two attached hydrogens (primary N) is 1. The van der Waals surface area contributed by atoms with Crippen LogP contribution in [-0.4, -0.2) is 24.7 Å². The average molecular weight is 371 g/mol. The standard InChI is InChI=1S/C22H27NO2S/c1-22(2,18-12-14-23-15-13-18)25-21(24)20-11-7-6-8-17(20)16-26-19-9-4-3-5-10-19/h3-11,18,23H,12-16H2,1-2H3/p+1. The lowest BCUT2D eigenvalue weighted by molar-refractivity contribution is -0.665. The lowest BCUT2D eigenvalue weighted by atomic mass is 9.83. The van der Waals surface area contributed by atoms with Crippen LogP contribution in [-0.2, 0) is 10.5 Å². The number of esters is 1. The van der Waals surface area contributed by atoms with Crippen LogP contribution >= 0.6 is 11.8 Å². The molecular formula is C22H28NO2S+. The van der Waals surface area contributed by atoms with E-state index in [-0.39, 0.29) is 5.97 Å². The fraction of sp³-hybridized carbons (Fsp3) is 0.409. The van der Waals surface area contributed by atoms with Gasteiger partial charge in [-0.3, -0.25) is 0 Å². The topological polar surface area (TPSA) is 42.9 Å². The Morgan fingerprint density at radius 2 is 1.73 bits per heavy atom. The van der Waals surface area contributed by atoms with E-state index in [1.165, 1.54) is 4.90 Å². The van der Waals surface area contributed by atoms with Crippen LogP contribution in [0.15, 0.2) is 59.5 Å². The predicted molar refractivity (Wildman–Crippen MR) is 106 cm³/mol. The average Bonchev–Trinajstić information content (AvgIpc) is 2.68. The van der Waals surface area contributed by atoms with E-state index in [0.717, 1.165) is 37.2 Å². The molecule has 0 aliphatic carbocycles. The monoisotopic (exact) mass is 370 g/mol. The number of rotatable bonds is 6. The van der Waals surface area contributed by atoms with E-state index in [0.29, 0.717) is 11.5 Å². The van der Waals surface area contributed by atoms with Crippen molar-refractivity contribution in [3.05, 3.63) is 65.7 Å². The number of piperidine rings is 1. The molecule has 0 aromatic heterocycles. The number of hydrogen-bond acceptors (Lipinski definition) is 3. The zero-order chi connectivity index (χ0) is 18.4. The molecule has 1 heterocycles. The normalized spacial score (nSPS) is 15.6. The Morgan fingerprint density at radius 1 is 1.08 bits per heavy atom. The quantitative estimate of drug-likeness (QED) is 0.620. The van der Waals surface area contributed by atoms with Crippen molar-refractivity contribution in [3.8, 4) is 0 Å². The smallest absolute Gasteiger partial charge is 0.338 e. The van der Waals surface area contributed by atoms with Gasteiger partial charge in [0.05, 0.1) is 18.7 Å². The van der Waals surface area contributed by atoms with E-state index in [2.05, 4.69) is 31.3 Å². The summed E-state index contributed by atoms with van der Waals surface area (Å²) in [4.78, 5) is 14.1. The molecule has 1 saturated heterocycles. The molecule has 0 atom stereocenters. The molecule has 26 heavy (non-hydrogen) atoms. The SMILES string of the molecule is CC(C)(OC(=O)c1ccccc1CSc1ccccc1)C1CC[NH2+]CC1. The summed E-state index contributed by atoms with van der Waals surface area (Å²) in [5.41, 5.74) is 1.29. The summed E-state index contributed by atoms with van der Waals surface area (Å²) in [7, 11) is 0. The molecule has 0 saturated carbocycles. The fourth-order valence-corrected chi connectivity index (χ4v) is 4.45. The molecule has 1 aliphatic rings. The number of quaternary nitrogens is 1. The van der Waals surface area contributed by atoms with E-state index in [4.69, 9.17) is 4.74 Å². The van der Waals surface area contributed by atoms with Crippen molar-refractivity contribution in [1.29, 1.82) is 0 Å². The highest BCUT2D eigenvalue weighted by atomic mass is 32.2. The van der Waals surface area contributed by atoms with Crippen LogP contribution in [0.4, 0.5) is 0 Å². The first-order chi connectivity index (χ1) is 12.6. The van der Waals surface area contributed by atoms with Crippen molar-refractivity contribution in [2.24, 2.45) is 5.92 Å². The first-order valence-electron chi connectivity index (χ1n) is 9.37. The molecule has 0 bridgehead atoms. The van der Waals surface area contributed by atoms with Crippen molar-refractivity contribution in [3.63, 3.8) is 0 Å². The molecule has 1 aliphatic heterocycles. The highest BCUT2D eigenvalue weighted by molar-refractivity contribution is 7.98. The van der Waals surface area contributed by atoms with Gasteiger partial charge in [-0.25, -0.2) is 4.79 Å². The Kier molecular flexibility index (Phi) is 6.38.